The summed E-state index contributed by atoms with van der Waals surface area (Å²) in [4.78, 5) is 27.1. The molecule has 1 amide bonds. The second kappa shape index (κ2) is 8.10. The fraction of sp³-hybridized carbons (Fsp3) is 0.583. The normalized spacial score (nSPS) is 20.7. The Hall–Kier alpha value is -2.10. The number of hydrogen-bond donors (Lipinski definition) is 1. The van der Waals surface area contributed by atoms with Crippen LogP contribution in [0.4, 0.5) is 0 Å². The van der Waals surface area contributed by atoms with Crippen molar-refractivity contribution in [2.45, 2.75) is 71.9 Å². The average Bonchev–Trinajstić information content (AvgIpc) is 3.24. The molecule has 3 rings (SSSR count). The third-order valence-corrected chi connectivity index (χ3v) is 6.01. The maximum absolute atomic E-state index is 12.8. The van der Waals surface area contributed by atoms with E-state index in [0.717, 1.165) is 37.9 Å². The van der Waals surface area contributed by atoms with E-state index in [1.54, 1.807) is 6.92 Å². The zero-order chi connectivity index (χ0) is 20.5. The first-order chi connectivity index (χ1) is 13.2. The van der Waals surface area contributed by atoms with Gasteiger partial charge >= 0.3 is 0 Å². The largest absolute Gasteiger partial charge is 0.364 e. The molecular formula is C24H34N2O2. The molecule has 28 heavy (non-hydrogen) atoms. The van der Waals surface area contributed by atoms with Gasteiger partial charge in [-0.3, -0.25) is 9.59 Å². The highest BCUT2D eigenvalue weighted by molar-refractivity contribution is 5.82. The van der Waals surface area contributed by atoms with Crippen LogP contribution in [0.1, 0.15) is 58.1 Å². The Labute approximate surface area is 169 Å². The fourth-order valence-electron chi connectivity index (χ4n) is 4.72. The second-order valence-electron chi connectivity index (χ2n) is 9.67. The zero-order valence-electron chi connectivity index (χ0n) is 17.8. The Morgan fingerprint density at radius 1 is 1.21 bits per heavy atom. The summed E-state index contributed by atoms with van der Waals surface area (Å²) in [6.07, 6.45) is 4.23. The summed E-state index contributed by atoms with van der Waals surface area (Å²) in [7, 11) is 0. The summed E-state index contributed by atoms with van der Waals surface area (Å²) in [5.41, 5.74) is 3.56. The van der Waals surface area contributed by atoms with Gasteiger partial charge in [-0.2, -0.15) is 0 Å². The summed E-state index contributed by atoms with van der Waals surface area (Å²) in [5.74, 6) is 0.531. The molecule has 2 aliphatic rings. The summed E-state index contributed by atoms with van der Waals surface area (Å²) in [5, 5.41) is 3.30. The van der Waals surface area contributed by atoms with Gasteiger partial charge in [0, 0.05) is 18.7 Å². The van der Waals surface area contributed by atoms with E-state index in [1.807, 2.05) is 0 Å². The molecule has 1 aromatic rings. The van der Waals surface area contributed by atoms with Crippen molar-refractivity contribution >= 4 is 11.7 Å². The Balaban J connectivity index is 1.81. The number of hydrogen-bond acceptors (Lipinski definition) is 3. The van der Waals surface area contributed by atoms with Crippen LogP contribution in [-0.4, -0.2) is 35.2 Å². The van der Waals surface area contributed by atoms with Crippen molar-refractivity contribution in [1.82, 2.24) is 10.2 Å². The molecule has 0 spiro atoms. The smallest absolute Gasteiger partial charge is 0.221 e. The molecule has 1 aliphatic carbocycles. The third-order valence-electron chi connectivity index (χ3n) is 6.01. The van der Waals surface area contributed by atoms with Crippen LogP contribution in [0.15, 0.2) is 36.5 Å². The van der Waals surface area contributed by atoms with Crippen molar-refractivity contribution in [1.29, 1.82) is 0 Å². The van der Waals surface area contributed by atoms with Crippen LogP contribution in [0.5, 0.6) is 0 Å². The predicted octanol–water partition coefficient (Wildman–Crippen LogP) is 3.89. The molecule has 4 nitrogen and oxygen atoms in total. The summed E-state index contributed by atoms with van der Waals surface area (Å²) >= 11 is 0. The minimum absolute atomic E-state index is 0.0631. The molecular weight excluding hydrogens is 348 g/mol. The number of carbonyl (C=O) groups excluding carboxylic acids is 2. The molecule has 0 aromatic heterocycles. The van der Waals surface area contributed by atoms with Gasteiger partial charge in [0.25, 0.3) is 0 Å². The molecule has 1 heterocycles. The lowest BCUT2D eigenvalue weighted by molar-refractivity contribution is -0.123. The van der Waals surface area contributed by atoms with E-state index in [2.05, 4.69) is 61.8 Å². The Kier molecular flexibility index (Phi) is 5.97. The first-order valence-electron chi connectivity index (χ1n) is 10.5. The van der Waals surface area contributed by atoms with Crippen LogP contribution in [0.25, 0.3) is 0 Å². The van der Waals surface area contributed by atoms with E-state index in [0.29, 0.717) is 6.42 Å². The number of ketones is 1. The minimum Gasteiger partial charge on any atom is -0.364 e. The van der Waals surface area contributed by atoms with Crippen LogP contribution in [0, 0.1) is 11.3 Å². The molecule has 1 aliphatic heterocycles. The number of fused-ring (bicyclic) bond motifs is 1. The highest BCUT2D eigenvalue weighted by Crippen LogP contribution is 2.34. The number of likely N-dealkylation sites (tertiary alicyclic amines) is 1. The van der Waals surface area contributed by atoms with E-state index < -0.39 is 0 Å². The average molecular weight is 383 g/mol. The van der Waals surface area contributed by atoms with Gasteiger partial charge in [-0.05, 0) is 55.1 Å². The zero-order valence-corrected chi connectivity index (χ0v) is 17.8. The van der Waals surface area contributed by atoms with Crippen molar-refractivity contribution in [2.24, 2.45) is 11.3 Å². The van der Waals surface area contributed by atoms with Crippen molar-refractivity contribution in [3.63, 3.8) is 0 Å². The number of carbonyl (C=O) groups is 2. The van der Waals surface area contributed by atoms with Crippen LogP contribution in [0.3, 0.4) is 0 Å². The Morgan fingerprint density at radius 3 is 2.36 bits per heavy atom. The van der Waals surface area contributed by atoms with E-state index >= 15 is 0 Å². The fourth-order valence-corrected chi connectivity index (χ4v) is 4.72. The Morgan fingerprint density at radius 2 is 1.82 bits per heavy atom. The van der Waals surface area contributed by atoms with E-state index in [4.69, 9.17) is 0 Å². The van der Waals surface area contributed by atoms with Crippen LogP contribution in [-0.2, 0) is 22.4 Å². The van der Waals surface area contributed by atoms with Crippen molar-refractivity contribution in [2.75, 3.05) is 6.54 Å². The first-order valence-corrected chi connectivity index (χ1v) is 10.5. The lowest BCUT2D eigenvalue weighted by Gasteiger charge is -2.36. The maximum Gasteiger partial charge on any atom is 0.221 e. The monoisotopic (exact) mass is 382 g/mol. The predicted molar refractivity (Wildman–Crippen MR) is 113 cm³/mol. The molecule has 1 N–H and O–H groups in total. The summed E-state index contributed by atoms with van der Waals surface area (Å²) < 4.78 is 0. The van der Waals surface area contributed by atoms with Gasteiger partial charge in [-0.1, -0.05) is 51.6 Å². The van der Waals surface area contributed by atoms with Crippen molar-refractivity contribution in [3.8, 4) is 0 Å². The van der Waals surface area contributed by atoms with Crippen LogP contribution >= 0.6 is 0 Å². The van der Waals surface area contributed by atoms with Gasteiger partial charge in [-0.25, -0.2) is 0 Å². The number of Topliss-reactive ketones (excluding diaryl/α,β-unsaturated/α-hetero) is 1. The molecule has 0 bridgehead atoms. The molecule has 4 heteroatoms. The SMILES string of the molecule is C=C(C(NC(=O)CC(C)(C)C)C1Cc2ccccc2C1)N1CCCC1C(C)=O. The lowest BCUT2D eigenvalue weighted by atomic mass is 9.89. The molecule has 2 unspecified atom stereocenters. The minimum atomic E-state index is -0.137. The van der Waals surface area contributed by atoms with Gasteiger partial charge in [-0.15, -0.1) is 0 Å². The summed E-state index contributed by atoms with van der Waals surface area (Å²) in [6.45, 7) is 13.1. The number of benzene rings is 1. The molecule has 0 saturated carbocycles. The van der Waals surface area contributed by atoms with Gasteiger partial charge < -0.3 is 10.2 Å². The standard InChI is InChI=1S/C24H34N2O2/c1-16(26-12-8-11-21(26)17(2)27)23(25-22(28)15-24(3,4)5)20-13-18-9-6-7-10-19(18)14-20/h6-7,9-10,20-21,23H,1,8,11-15H2,2-5H3,(H,25,28). The van der Waals surface area contributed by atoms with Gasteiger partial charge in [0.15, 0.2) is 5.78 Å². The van der Waals surface area contributed by atoms with Crippen LogP contribution in [0.2, 0.25) is 0 Å². The molecule has 1 aromatic carbocycles. The van der Waals surface area contributed by atoms with E-state index in [-0.39, 0.29) is 35.1 Å². The molecule has 152 valence electrons. The van der Waals surface area contributed by atoms with Gasteiger partial charge in [0.2, 0.25) is 5.91 Å². The topological polar surface area (TPSA) is 49.4 Å². The second-order valence-corrected chi connectivity index (χ2v) is 9.67. The molecule has 0 radical (unpaired) electrons. The molecule has 1 saturated heterocycles. The molecule has 2 atom stereocenters. The van der Waals surface area contributed by atoms with E-state index in [9.17, 15) is 9.59 Å². The number of nitrogens with zero attached hydrogens (tertiary/aromatic N) is 1. The highest BCUT2D eigenvalue weighted by atomic mass is 16.1. The maximum atomic E-state index is 12.8. The number of amides is 1. The van der Waals surface area contributed by atoms with Crippen molar-refractivity contribution < 1.29 is 9.59 Å². The third kappa shape index (κ3) is 4.65. The quantitative estimate of drug-likeness (QED) is 0.812. The van der Waals surface area contributed by atoms with Crippen molar-refractivity contribution in [3.05, 3.63) is 47.7 Å². The first kappa shape index (κ1) is 20.6. The van der Waals surface area contributed by atoms with Gasteiger partial charge in [0.05, 0.1) is 12.1 Å². The number of rotatable bonds is 6. The van der Waals surface area contributed by atoms with E-state index in [1.165, 1.54) is 11.1 Å². The highest BCUT2D eigenvalue weighted by Gasteiger charge is 2.37. The summed E-state index contributed by atoms with van der Waals surface area (Å²) in [6, 6.07) is 8.28. The lowest BCUT2D eigenvalue weighted by Crippen LogP contribution is -2.49. The Bertz CT molecular complexity index is 737. The number of nitrogens with one attached hydrogen (secondary N) is 1. The van der Waals surface area contributed by atoms with Gasteiger partial charge in [0.1, 0.15) is 0 Å². The molecule has 1 fully saturated rings. The van der Waals surface area contributed by atoms with Crippen LogP contribution < -0.4 is 5.32 Å².